The summed E-state index contributed by atoms with van der Waals surface area (Å²) in [5, 5.41) is 2.75. The molecule has 0 saturated carbocycles. The molecule has 0 saturated heterocycles. The van der Waals surface area contributed by atoms with Gasteiger partial charge in [-0.05, 0) is 6.07 Å². The Morgan fingerprint density at radius 1 is 1.45 bits per heavy atom. The molecule has 106 valence electrons. The minimum atomic E-state index is -0.972. The quantitative estimate of drug-likeness (QED) is 0.877. The maximum absolute atomic E-state index is 13.6. The summed E-state index contributed by atoms with van der Waals surface area (Å²) < 4.78 is 31.8. The number of carbonyl (C=O) groups is 1. The molecule has 0 bridgehead atoms. The fourth-order valence-electron chi connectivity index (χ4n) is 1.50. The molecule has 2 rings (SSSR count). The molecule has 0 unspecified atom stereocenters. The van der Waals surface area contributed by atoms with Gasteiger partial charge in [0.15, 0.2) is 4.47 Å². The van der Waals surface area contributed by atoms with E-state index in [4.69, 9.17) is 11.6 Å². The predicted octanol–water partition coefficient (Wildman–Crippen LogP) is 3.47. The summed E-state index contributed by atoms with van der Waals surface area (Å²) in [4.78, 5) is 16.0. The van der Waals surface area contributed by atoms with Gasteiger partial charge in [-0.3, -0.25) is 0 Å². The Morgan fingerprint density at radius 2 is 2.20 bits per heavy atom. The summed E-state index contributed by atoms with van der Waals surface area (Å²) >= 11 is 6.91. The largest absolute Gasteiger partial charge is 0.465 e. The molecule has 20 heavy (non-hydrogen) atoms. The highest BCUT2D eigenvalue weighted by Crippen LogP contribution is 2.23. The monoisotopic (exact) mass is 318 g/mol. The Morgan fingerprint density at radius 3 is 2.80 bits per heavy atom. The van der Waals surface area contributed by atoms with Crippen molar-refractivity contribution in [2.45, 2.75) is 6.54 Å². The first-order chi connectivity index (χ1) is 9.51. The lowest BCUT2D eigenvalue weighted by Gasteiger charge is -2.09. The van der Waals surface area contributed by atoms with Crippen LogP contribution in [0.2, 0.25) is 4.47 Å². The second kappa shape index (κ2) is 6.15. The molecule has 8 heteroatoms. The van der Waals surface area contributed by atoms with Crippen LogP contribution >= 0.6 is 22.9 Å². The molecule has 0 fully saturated rings. The van der Waals surface area contributed by atoms with Crippen LogP contribution in [-0.4, -0.2) is 18.1 Å². The van der Waals surface area contributed by atoms with Crippen LogP contribution in [0.3, 0.4) is 0 Å². The van der Waals surface area contributed by atoms with Crippen LogP contribution in [0.15, 0.2) is 18.3 Å². The maximum atomic E-state index is 13.6. The normalized spacial score (nSPS) is 10.4. The SMILES string of the molecule is COC(=O)c1cc(NCc2cnc(Cl)s2)c(F)cc1F. The average molecular weight is 319 g/mol. The standard InChI is InChI=1S/C12H9ClF2N2O2S/c1-19-11(18)7-2-10(9(15)3-8(7)14)16-4-6-5-17-12(13)20-6/h2-3,5,16H,4H2,1H3. The van der Waals surface area contributed by atoms with E-state index in [9.17, 15) is 13.6 Å². The highest BCUT2D eigenvalue weighted by molar-refractivity contribution is 7.15. The minimum Gasteiger partial charge on any atom is -0.465 e. The van der Waals surface area contributed by atoms with Crippen molar-refractivity contribution in [1.29, 1.82) is 0 Å². The topological polar surface area (TPSA) is 51.2 Å². The summed E-state index contributed by atoms with van der Waals surface area (Å²) in [5.41, 5.74) is -0.338. The van der Waals surface area contributed by atoms with Gasteiger partial charge in [0.05, 0.1) is 24.9 Å². The summed E-state index contributed by atoms with van der Waals surface area (Å²) in [6.07, 6.45) is 1.54. The summed E-state index contributed by atoms with van der Waals surface area (Å²) in [5.74, 6) is -2.64. The van der Waals surface area contributed by atoms with E-state index in [2.05, 4.69) is 15.0 Å². The van der Waals surface area contributed by atoms with E-state index in [0.717, 1.165) is 18.1 Å². The van der Waals surface area contributed by atoms with E-state index < -0.39 is 17.6 Å². The molecule has 0 radical (unpaired) electrons. The number of thiazole rings is 1. The van der Waals surface area contributed by atoms with Gasteiger partial charge in [0.25, 0.3) is 0 Å². The van der Waals surface area contributed by atoms with Crippen molar-refractivity contribution in [3.63, 3.8) is 0 Å². The first-order valence-electron chi connectivity index (χ1n) is 5.42. The fraction of sp³-hybridized carbons (Fsp3) is 0.167. The van der Waals surface area contributed by atoms with Crippen molar-refractivity contribution < 1.29 is 18.3 Å². The number of rotatable bonds is 4. The Labute approximate surface area is 122 Å². The highest BCUT2D eigenvalue weighted by Gasteiger charge is 2.16. The first-order valence-corrected chi connectivity index (χ1v) is 6.62. The van der Waals surface area contributed by atoms with Crippen LogP contribution in [0.1, 0.15) is 15.2 Å². The fourth-order valence-corrected chi connectivity index (χ4v) is 2.42. The molecule has 1 aromatic carbocycles. The number of methoxy groups -OCH3 is 1. The Kier molecular flexibility index (Phi) is 4.51. The lowest BCUT2D eigenvalue weighted by molar-refractivity contribution is 0.0595. The second-order valence-corrected chi connectivity index (χ2v) is 5.43. The summed E-state index contributed by atoms with van der Waals surface area (Å²) in [6, 6.07) is 1.70. The molecule has 0 amide bonds. The smallest absolute Gasteiger partial charge is 0.340 e. The van der Waals surface area contributed by atoms with Crippen molar-refractivity contribution >= 4 is 34.6 Å². The van der Waals surface area contributed by atoms with Gasteiger partial charge in [0.1, 0.15) is 11.6 Å². The summed E-state index contributed by atoms with van der Waals surface area (Å²) in [7, 11) is 1.12. The molecule has 1 aromatic heterocycles. The molecule has 0 spiro atoms. The zero-order valence-corrected chi connectivity index (χ0v) is 11.8. The Bertz CT molecular complexity index is 648. The van der Waals surface area contributed by atoms with Crippen LogP contribution in [0, 0.1) is 11.6 Å². The number of esters is 1. The highest BCUT2D eigenvalue weighted by atomic mass is 35.5. The molecule has 2 aromatic rings. The minimum absolute atomic E-state index is 0.00341. The van der Waals surface area contributed by atoms with Gasteiger partial charge in [0, 0.05) is 17.1 Å². The molecule has 4 nitrogen and oxygen atoms in total. The van der Waals surface area contributed by atoms with E-state index in [1.807, 2.05) is 0 Å². The number of aromatic nitrogens is 1. The third kappa shape index (κ3) is 3.23. The Hall–Kier alpha value is -1.73. The van der Waals surface area contributed by atoms with Gasteiger partial charge >= 0.3 is 5.97 Å². The number of carbonyl (C=O) groups excluding carboxylic acids is 1. The van der Waals surface area contributed by atoms with Crippen molar-refractivity contribution in [3.8, 4) is 0 Å². The second-order valence-electron chi connectivity index (χ2n) is 3.74. The predicted molar refractivity (Wildman–Crippen MR) is 72.1 cm³/mol. The number of benzene rings is 1. The van der Waals surface area contributed by atoms with Crippen LogP contribution in [0.25, 0.3) is 0 Å². The van der Waals surface area contributed by atoms with E-state index in [-0.39, 0.29) is 17.8 Å². The van der Waals surface area contributed by atoms with E-state index in [0.29, 0.717) is 10.5 Å². The zero-order chi connectivity index (χ0) is 14.7. The summed E-state index contributed by atoms with van der Waals surface area (Å²) in [6.45, 7) is 0.257. The first kappa shape index (κ1) is 14.7. The zero-order valence-electron chi connectivity index (χ0n) is 10.2. The third-order valence-corrected chi connectivity index (χ3v) is 3.56. The average Bonchev–Trinajstić information content (AvgIpc) is 2.83. The number of nitrogens with one attached hydrogen (secondary N) is 1. The van der Waals surface area contributed by atoms with Crippen LogP contribution in [0.5, 0.6) is 0 Å². The number of anilines is 1. The van der Waals surface area contributed by atoms with Gasteiger partial charge in [-0.25, -0.2) is 18.6 Å². The van der Waals surface area contributed by atoms with E-state index in [1.54, 1.807) is 6.20 Å². The van der Waals surface area contributed by atoms with Crippen LogP contribution in [0.4, 0.5) is 14.5 Å². The molecule has 1 N–H and O–H groups in total. The van der Waals surface area contributed by atoms with Gasteiger partial charge in [-0.15, -0.1) is 11.3 Å². The van der Waals surface area contributed by atoms with Crippen LogP contribution in [-0.2, 0) is 11.3 Å². The molecular weight excluding hydrogens is 310 g/mol. The lowest BCUT2D eigenvalue weighted by Crippen LogP contribution is -2.08. The molecule has 1 heterocycles. The van der Waals surface area contributed by atoms with Crippen molar-refractivity contribution in [3.05, 3.63) is 44.9 Å². The number of ether oxygens (including phenoxy) is 1. The molecule has 0 aliphatic rings. The van der Waals surface area contributed by atoms with Gasteiger partial charge < -0.3 is 10.1 Å². The van der Waals surface area contributed by atoms with Gasteiger partial charge in [0.2, 0.25) is 0 Å². The molecule has 0 atom stereocenters. The number of halogens is 3. The molecular formula is C12H9ClF2N2O2S. The number of hydrogen-bond acceptors (Lipinski definition) is 5. The molecule has 0 aliphatic heterocycles. The van der Waals surface area contributed by atoms with Gasteiger partial charge in [-0.1, -0.05) is 11.6 Å². The van der Waals surface area contributed by atoms with E-state index in [1.165, 1.54) is 11.3 Å². The third-order valence-electron chi connectivity index (χ3n) is 2.44. The Balaban J connectivity index is 2.20. The van der Waals surface area contributed by atoms with Crippen molar-refractivity contribution in [2.24, 2.45) is 0 Å². The molecule has 0 aliphatic carbocycles. The number of nitrogens with zero attached hydrogens (tertiary/aromatic N) is 1. The maximum Gasteiger partial charge on any atom is 0.340 e. The van der Waals surface area contributed by atoms with Gasteiger partial charge in [-0.2, -0.15) is 0 Å². The lowest BCUT2D eigenvalue weighted by atomic mass is 10.1. The van der Waals surface area contributed by atoms with Crippen molar-refractivity contribution in [2.75, 3.05) is 12.4 Å². The van der Waals surface area contributed by atoms with Crippen molar-refractivity contribution in [1.82, 2.24) is 4.98 Å². The number of hydrogen-bond donors (Lipinski definition) is 1. The van der Waals surface area contributed by atoms with E-state index >= 15 is 0 Å². The van der Waals surface area contributed by atoms with Crippen LogP contribution < -0.4 is 5.32 Å².